The maximum atomic E-state index is 13.0. The van der Waals surface area contributed by atoms with E-state index in [0.717, 1.165) is 18.4 Å². The number of hydroxylamine groups is 2. The molecule has 6 nitrogen and oxygen atoms in total. The number of benzene rings is 1. The van der Waals surface area contributed by atoms with Crippen LogP contribution in [0.2, 0.25) is 0 Å². The van der Waals surface area contributed by atoms with E-state index in [1.165, 1.54) is 11.8 Å². The summed E-state index contributed by atoms with van der Waals surface area (Å²) in [6, 6.07) is 9.95. The maximum absolute atomic E-state index is 13.0. The molecule has 0 aliphatic carbocycles. The van der Waals surface area contributed by atoms with Crippen LogP contribution in [0, 0.1) is 5.92 Å². The zero-order valence-corrected chi connectivity index (χ0v) is 17.9. The minimum atomic E-state index is -0.512. The van der Waals surface area contributed by atoms with Gasteiger partial charge in [0.15, 0.2) is 5.12 Å². The smallest absolute Gasteiger partial charge is 0.410 e. The van der Waals surface area contributed by atoms with Gasteiger partial charge in [-0.15, -0.1) is 0 Å². The summed E-state index contributed by atoms with van der Waals surface area (Å²) in [5.74, 6) is 0.383. The summed E-state index contributed by atoms with van der Waals surface area (Å²) < 4.78 is 5.51. The first kappa shape index (κ1) is 21.1. The predicted octanol–water partition coefficient (Wildman–Crippen LogP) is 3.88. The summed E-state index contributed by atoms with van der Waals surface area (Å²) in [5, 5.41) is 1.90. The van der Waals surface area contributed by atoms with Gasteiger partial charge in [0.2, 0.25) is 0 Å². The van der Waals surface area contributed by atoms with Gasteiger partial charge in [0, 0.05) is 25.4 Å². The number of likely N-dealkylation sites (tertiary alicyclic amines) is 1. The molecule has 2 aliphatic rings. The lowest BCUT2D eigenvalue weighted by molar-refractivity contribution is -0.114. The highest BCUT2D eigenvalue weighted by Crippen LogP contribution is 2.37. The van der Waals surface area contributed by atoms with Crippen LogP contribution in [0.15, 0.2) is 30.3 Å². The Morgan fingerprint density at radius 1 is 1.25 bits per heavy atom. The van der Waals surface area contributed by atoms with Crippen molar-refractivity contribution in [2.45, 2.75) is 51.3 Å². The van der Waals surface area contributed by atoms with Crippen molar-refractivity contribution < 1.29 is 19.2 Å². The summed E-state index contributed by atoms with van der Waals surface area (Å²) >= 11 is 1.32. The number of ether oxygens (including phenoxy) is 1. The van der Waals surface area contributed by atoms with Crippen LogP contribution >= 0.6 is 11.8 Å². The van der Waals surface area contributed by atoms with Crippen molar-refractivity contribution in [2.24, 2.45) is 5.92 Å². The first-order valence-electron chi connectivity index (χ1n) is 9.83. The first-order chi connectivity index (χ1) is 13.3. The third-order valence-electron chi connectivity index (χ3n) is 5.10. The van der Waals surface area contributed by atoms with Gasteiger partial charge in [-0.3, -0.25) is 9.63 Å². The summed E-state index contributed by atoms with van der Waals surface area (Å²) in [6.45, 7) is 6.69. The lowest BCUT2D eigenvalue weighted by Gasteiger charge is -2.28. The Bertz CT molecular complexity index is 691. The summed E-state index contributed by atoms with van der Waals surface area (Å²) in [7, 11) is 1.87. The normalized spacial score (nSPS) is 25.9. The Morgan fingerprint density at radius 3 is 2.64 bits per heavy atom. The van der Waals surface area contributed by atoms with Crippen LogP contribution < -0.4 is 0 Å². The Labute approximate surface area is 171 Å². The summed E-state index contributed by atoms with van der Waals surface area (Å²) in [5.41, 5.74) is 0.569. The van der Waals surface area contributed by atoms with Gasteiger partial charge >= 0.3 is 6.09 Å². The zero-order valence-electron chi connectivity index (χ0n) is 17.1. The number of hydrogen-bond acceptors (Lipinski definition) is 6. The van der Waals surface area contributed by atoms with Crippen molar-refractivity contribution in [2.75, 3.05) is 26.0 Å². The van der Waals surface area contributed by atoms with E-state index in [-0.39, 0.29) is 29.2 Å². The highest BCUT2D eigenvalue weighted by Gasteiger charge is 2.40. The molecule has 28 heavy (non-hydrogen) atoms. The zero-order chi connectivity index (χ0) is 20.3. The number of carbonyl (C=O) groups excluding carboxylic acids is 2. The van der Waals surface area contributed by atoms with Gasteiger partial charge in [0.1, 0.15) is 5.60 Å². The van der Waals surface area contributed by atoms with E-state index in [4.69, 9.17) is 9.57 Å². The van der Waals surface area contributed by atoms with Crippen LogP contribution in [-0.4, -0.2) is 58.8 Å². The fourth-order valence-corrected chi connectivity index (χ4v) is 4.88. The van der Waals surface area contributed by atoms with Crippen molar-refractivity contribution in [1.29, 1.82) is 0 Å². The van der Waals surface area contributed by atoms with Crippen LogP contribution in [0.3, 0.4) is 0 Å². The molecule has 2 aliphatic heterocycles. The van der Waals surface area contributed by atoms with E-state index in [0.29, 0.717) is 18.9 Å². The number of hydrogen-bond donors (Lipinski definition) is 0. The first-order valence-corrected chi connectivity index (χ1v) is 10.8. The van der Waals surface area contributed by atoms with Gasteiger partial charge in [0.25, 0.3) is 0 Å². The molecule has 1 aromatic rings. The topological polar surface area (TPSA) is 59.1 Å². The fraction of sp³-hybridized carbons (Fsp3) is 0.619. The quantitative estimate of drug-likeness (QED) is 0.756. The lowest BCUT2D eigenvalue weighted by atomic mass is 9.95. The van der Waals surface area contributed by atoms with Gasteiger partial charge in [-0.05, 0) is 39.2 Å². The van der Waals surface area contributed by atoms with Crippen molar-refractivity contribution in [3.8, 4) is 0 Å². The Kier molecular flexibility index (Phi) is 6.68. The summed E-state index contributed by atoms with van der Waals surface area (Å²) in [6.07, 6.45) is 1.57. The van der Waals surface area contributed by atoms with Crippen LogP contribution in [-0.2, 0) is 14.4 Å². The molecule has 3 atom stereocenters. The van der Waals surface area contributed by atoms with Crippen LogP contribution in [0.25, 0.3) is 0 Å². The third-order valence-corrected chi connectivity index (χ3v) is 6.24. The monoisotopic (exact) mass is 406 g/mol. The number of thioether (sulfide) groups is 1. The second kappa shape index (κ2) is 8.84. The molecular formula is C21H30N2O4S. The molecule has 2 saturated heterocycles. The minimum Gasteiger partial charge on any atom is -0.444 e. The maximum Gasteiger partial charge on any atom is 0.410 e. The average molecular weight is 407 g/mol. The molecule has 1 amide bonds. The molecule has 0 spiro atoms. The van der Waals surface area contributed by atoms with Crippen molar-refractivity contribution >= 4 is 23.0 Å². The molecule has 0 unspecified atom stereocenters. The molecule has 0 bridgehead atoms. The molecule has 154 valence electrons. The van der Waals surface area contributed by atoms with Crippen molar-refractivity contribution in [1.82, 2.24) is 9.96 Å². The Balaban J connectivity index is 1.59. The van der Waals surface area contributed by atoms with E-state index >= 15 is 0 Å². The molecule has 0 radical (unpaired) electrons. The standard InChI is InChI=1S/C21H30N2O4S/c1-21(2,3)27-20(25)23-12-8-11-16(23)14-28-19(24)17-13-26-22(4)18(17)15-9-6-5-7-10-15/h5-7,9-10,16-18H,8,11-14H2,1-4H3/t16-,17-,18+/m0/s1. The number of rotatable bonds is 4. The summed E-state index contributed by atoms with van der Waals surface area (Å²) in [4.78, 5) is 32.8. The molecule has 0 aromatic heterocycles. The van der Waals surface area contributed by atoms with Crippen LogP contribution in [0.5, 0.6) is 0 Å². The number of amides is 1. The van der Waals surface area contributed by atoms with Gasteiger partial charge in [-0.2, -0.15) is 5.06 Å². The highest BCUT2D eigenvalue weighted by molar-refractivity contribution is 8.13. The molecule has 2 heterocycles. The van der Waals surface area contributed by atoms with E-state index < -0.39 is 5.60 Å². The SMILES string of the molecule is CN1OC[C@H](C(=O)SC[C@@H]2CCCN2C(=O)OC(C)(C)C)[C@H]1c1ccccc1. The average Bonchev–Trinajstić information content (AvgIpc) is 3.25. The van der Waals surface area contributed by atoms with Crippen LogP contribution in [0.4, 0.5) is 4.79 Å². The predicted molar refractivity (Wildman–Crippen MR) is 110 cm³/mol. The van der Waals surface area contributed by atoms with Gasteiger partial charge in [-0.1, -0.05) is 42.1 Å². The molecule has 7 heteroatoms. The fourth-order valence-electron chi connectivity index (χ4n) is 3.77. The number of nitrogens with zero attached hydrogens (tertiary/aromatic N) is 2. The van der Waals surface area contributed by atoms with E-state index in [1.807, 2.05) is 58.2 Å². The molecule has 2 fully saturated rings. The van der Waals surface area contributed by atoms with Crippen molar-refractivity contribution in [3.63, 3.8) is 0 Å². The van der Waals surface area contributed by atoms with Crippen molar-refractivity contribution in [3.05, 3.63) is 35.9 Å². The van der Waals surface area contributed by atoms with Gasteiger partial charge < -0.3 is 9.64 Å². The Morgan fingerprint density at radius 2 is 1.96 bits per heavy atom. The second-order valence-corrected chi connectivity index (χ2v) is 9.43. The van der Waals surface area contributed by atoms with E-state index in [9.17, 15) is 9.59 Å². The molecular weight excluding hydrogens is 376 g/mol. The molecule has 0 N–H and O–H groups in total. The molecule has 0 saturated carbocycles. The lowest BCUT2D eigenvalue weighted by Crippen LogP contribution is -2.41. The molecule has 1 aromatic carbocycles. The molecule has 3 rings (SSSR count). The van der Waals surface area contributed by atoms with Gasteiger partial charge in [-0.25, -0.2) is 4.79 Å². The largest absolute Gasteiger partial charge is 0.444 e. The number of carbonyl (C=O) groups is 2. The highest BCUT2D eigenvalue weighted by atomic mass is 32.2. The van der Waals surface area contributed by atoms with Gasteiger partial charge in [0.05, 0.1) is 18.6 Å². The van der Waals surface area contributed by atoms with Crippen LogP contribution in [0.1, 0.15) is 45.2 Å². The van der Waals surface area contributed by atoms with E-state index in [2.05, 4.69) is 0 Å². The Hall–Kier alpha value is -1.57. The minimum absolute atomic E-state index is 0.0408. The second-order valence-electron chi connectivity index (χ2n) is 8.40. The third kappa shape index (κ3) is 5.07. The van der Waals surface area contributed by atoms with E-state index in [1.54, 1.807) is 9.96 Å².